The molecule has 0 saturated heterocycles. The molecule has 74 valence electrons. The van der Waals surface area contributed by atoms with Gasteiger partial charge in [0.1, 0.15) is 0 Å². The first kappa shape index (κ1) is 11.0. The van der Waals surface area contributed by atoms with Crippen LogP contribution in [0.25, 0.3) is 0 Å². The highest BCUT2D eigenvalue weighted by Crippen LogP contribution is 2.23. The van der Waals surface area contributed by atoms with Crippen molar-refractivity contribution in [2.75, 3.05) is 7.05 Å². The van der Waals surface area contributed by atoms with Gasteiger partial charge in [0, 0.05) is 6.04 Å². The molecule has 1 aliphatic carbocycles. The Kier molecular flexibility index (Phi) is 4.23. The van der Waals surface area contributed by atoms with E-state index in [1.165, 1.54) is 25.7 Å². The zero-order valence-corrected chi connectivity index (χ0v) is 9.51. The Bertz CT molecular complexity index is 259. The molecule has 1 aromatic rings. The maximum atomic E-state index is 3.38. The van der Waals surface area contributed by atoms with E-state index in [9.17, 15) is 0 Å². The second-order valence-corrected chi connectivity index (χ2v) is 4.25. The Morgan fingerprint density at radius 2 is 2.15 bits per heavy atom. The molecule has 1 aromatic heterocycles. The molecule has 3 heteroatoms. The summed E-state index contributed by atoms with van der Waals surface area (Å²) in [5, 5.41) is 8.00. The van der Waals surface area contributed by atoms with Gasteiger partial charge in [-0.3, -0.25) is 0 Å². The summed E-state index contributed by atoms with van der Waals surface area (Å²) in [6.07, 6.45) is 5.19. The van der Waals surface area contributed by atoms with Gasteiger partial charge in [-0.2, -0.15) is 11.3 Å². The summed E-state index contributed by atoms with van der Waals surface area (Å²) in [6, 6.07) is 0.709. The minimum Gasteiger partial charge on any atom is -0.317 e. The Morgan fingerprint density at radius 1 is 1.38 bits per heavy atom. The number of aryl methyl sites for hydroxylation is 1. The molecule has 0 aliphatic heterocycles. The Labute approximate surface area is 90.0 Å². The molecule has 0 saturated carbocycles. The maximum Gasteiger partial charge on any atom is 0.0105 e. The first-order chi connectivity index (χ1) is 5.90. The van der Waals surface area contributed by atoms with E-state index in [0.29, 0.717) is 6.04 Å². The van der Waals surface area contributed by atoms with Crippen molar-refractivity contribution < 1.29 is 0 Å². The highest BCUT2D eigenvalue weighted by Gasteiger charge is 2.15. The lowest BCUT2D eigenvalue weighted by atomic mass is 10.1. The number of halogens is 1. The van der Waals surface area contributed by atoms with Crippen molar-refractivity contribution >= 4 is 23.7 Å². The van der Waals surface area contributed by atoms with E-state index in [1.807, 2.05) is 11.3 Å². The number of nitrogens with one attached hydrogen (secondary N) is 1. The summed E-state index contributed by atoms with van der Waals surface area (Å²) in [6.45, 7) is 0. The third kappa shape index (κ3) is 2.46. The quantitative estimate of drug-likeness (QED) is 0.714. The van der Waals surface area contributed by atoms with Gasteiger partial charge in [0.15, 0.2) is 0 Å². The molecule has 2 rings (SSSR count). The van der Waals surface area contributed by atoms with E-state index in [-0.39, 0.29) is 12.4 Å². The maximum absolute atomic E-state index is 3.38. The average molecular weight is 218 g/mol. The first-order valence-electron chi connectivity index (χ1n) is 4.61. The lowest BCUT2D eigenvalue weighted by Gasteiger charge is -2.11. The molecule has 1 heterocycles. The standard InChI is InChI=1S/C10H15NS.ClH/c1-11-10-4-2-3-8-6-12-7-9(8)5-10;/h6-7,10-11H,2-5H2,1H3;1H. The number of thiophene rings is 1. The van der Waals surface area contributed by atoms with Gasteiger partial charge in [0.2, 0.25) is 0 Å². The van der Waals surface area contributed by atoms with E-state index in [1.54, 1.807) is 11.1 Å². The molecule has 1 aliphatic rings. The molecular formula is C10H16ClNS. The Hall–Kier alpha value is -0.0500. The number of rotatable bonds is 1. The second kappa shape index (κ2) is 4.99. The molecule has 0 bridgehead atoms. The Balaban J connectivity index is 0.000000845. The van der Waals surface area contributed by atoms with Crippen LogP contribution in [0.3, 0.4) is 0 Å². The fourth-order valence-electron chi connectivity index (χ4n) is 1.90. The van der Waals surface area contributed by atoms with E-state index in [4.69, 9.17) is 0 Å². The molecule has 1 N–H and O–H groups in total. The van der Waals surface area contributed by atoms with Crippen LogP contribution in [0.2, 0.25) is 0 Å². The van der Waals surface area contributed by atoms with Crippen LogP contribution in [-0.4, -0.2) is 13.1 Å². The second-order valence-electron chi connectivity index (χ2n) is 3.50. The van der Waals surface area contributed by atoms with Crippen LogP contribution in [0, 0.1) is 0 Å². The van der Waals surface area contributed by atoms with Gasteiger partial charge < -0.3 is 5.32 Å². The van der Waals surface area contributed by atoms with Gasteiger partial charge in [-0.15, -0.1) is 12.4 Å². The van der Waals surface area contributed by atoms with Crippen LogP contribution in [-0.2, 0) is 12.8 Å². The van der Waals surface area contributed by atoms with Crippen LogP contribution >= 0.6 is 23.7 Å². The summed E-state index contributed by atoms with van der Waals surface area (Å²) in [5.41, 5.74) is 3.18. The van der Waals surface area contributed by atoms with Crippen LogP contribution in [0.5, 0.6) is 0 Å². The summed E-state index contributed by atoms with van der Waals surface area (Å²) >= 11 is 1.85. The summed E-state index contributed by atoms with van der Waals surface area (Å²) in [4.78, 5) is 0. The summed E-state index contributed by atoms with van der Waals surface area (Å²) in [7, 11) is 2.07. The van der Waals surface area contributed by atoms with E-state index in [0.717, 1.165) is 0 Å². The van der Waals surface area contributed by atoms with Gasteiger partial charge >= 0.3 is 0 Å². The lowest BCUT2D eigenvalue weighted by molar-refractivity contribution is 0.517. The zero-order chi connectivity index (χ0) is 8.39. The normalized spacial score (nSPS) is 21.5. The molecule has 1 unspecified atom stereocenters. The molecule has 1 nitrogen and oxygen atoms in total. The van der Waals surface area contributed by atoms with Crippen molar-refractivity contribution in [3.05, 3.63) is 21.9 Å². The predicted molar refractivity (Wildman–Crippen MR) is 61.1 cm³/mol. The third-order valence-electron chi connectivity index (χ3n) is 2.71. The minimum atomic E-state index is 0. The summed E-state index contributed by atoms with van der Waals surface area (Å²) in [5.74, 6) is 0. The van der Waals surface area contributed by atoms with E-state index in [2.05, 4.69) is 23.1 Å². The molecular weight excluding hydrogens is 202 g/mol. The number of hydrogen-bond donors (Lipinski definition) is 1. The lowest BCUT2D eigenvalue weighted by Crippen LogP contribution is -2.26. The SMILES string of the molecule is CNC1CCCc2cscc2C1.Cl. The number of likely N-dealkylation sites (N-methyl/N-ethyl adjacent to an activating group) is 1. The van der Waals surface area contributed by atoms with Gasteiger partial charge in [-0.05, 0) is 54.6 Å². The Morgan fingerprint density at radius 3 is 2.92 bits per heavy atom. The van der Waals surface area contributed by atoms with Crippen LogP contribution in [0.15, 0.2) is 10.8 Å². The van der Waals surface area contributed by atoms with Crippen molar-refractivity contribution in [3.63, 3.8) is 0 Å². The fourth-order valence-corrected chi connectivity index (χ4v) is 2.81. The minimum absolute atomic E-state index is 0. The highest BCUT2D eigenvalue weighted by molar-refractivity contribution is 7.08. The van der Waals surface area contributed by atoms with Crippen molar-refractivity contribution in [2.45, 2.75) is 31.7 Å². The predicted octanol–water partition coefficient (Wildman–Crippen LogP) is 2.64. The van der Waals surface area contributed by atoms with E-state index >= 15 is 0 Å². The van der Waals surface area contributed by atoms with E-state index < -0.39 is 0 Å². The average Bonchev–Trinajstić information content (AvgIpc) is 2.43. The van der Waals surface area contributed by atoms with Crippen molar-refractivity contribution in [2.24, 2.45) is 0 Å². The zero-order valence-electron chi connectivity index (χ0n) is 7.88. The fraction of sp³-hybridized carbons (Fsp3) is 0.600. The summed E-state index contributed by atoms with van der Waals surface area (Å²) < 4.78 is 0. The van der Waals surface area contributed by atoms with Crippen molar-refractivity contribution in [1.82, 2.24) is 5.32 Å². The smallest absolute Gasteiger partial charge is 0.0105 e. The molecule has 0 fully saturated rings. The monoisotopic (exact) mass is 217 g/mol. The first-order valence-corrected chi connectivity index (χ1v) is 5.55. The van der Waals surface area contributed by atoms with Gasteiger partial charge in [0.05, 0.1) is 0 Å². The number of hydrogen-bond acceptors (Lipinski definition) is 2. The largest absolute Gasteiger partial charge is 0.317 e. The number of fused-ring (bicyclic) bond motifs is 1. The molecule has 0 radical (unpaired) electrons. The molecule has 0 spiro atoms. The molecule has 1 atom stereocenters. The van der Waals surface area contributed by atoms with Gasteiger partial charge in [-0.1, -0.05) is 0 Å². The topological polar surface area (TPSA) is 12.0 Å². The van der Waals surface area contributed by atoms with Crippen molar-refractivity contribution in [3.8, 4) is 0 Å². The highest BCUT2D eigenvalue weighted by atomic mass is 35.5. The van der Waals surface area contributed by atoms with Crippen LogP contribution in [0.1, 0.15) is 24.0 Å². The van der Waals surface area contributed by atoms with Gasteiger partial charge in [0.25, 0.3) is 0 Å². The van der Waals surface area contributed by atoms with Crippen molar-refractivity contribution in [1.29, 1.82) is 0 Å². The van der Waals surface area contributed by atoms with Gasteiger partial charge in [-0.25, -0.2) is 0 Å². The third-order valence-corrected chi connectivity index (χ3v) is 3.55. The molecule has 0 amide bonds. The van der Waals surface area contributed by atoms with Crippen LogP contribution < -0.4 is 5.32 Å². The molecule has 0 aromatic carbocycles. The van der Waals surface area contributed by atoms with Crippen LogP contribution in [0.4, 0.5) is 0 Å². The molecule has 13 heavy (non-hydrogen) atoms.